The van der Waals surface area contributed by atoms with Gasteiger partial charge >= 0.3 is 6.03 Å². The maximum Gasteiger partial charge on any atom is 0.322 e. The molecule has 1 aliphatic carbocycles. The van der Waals surface area contributed by atoms with Crippen molar-refractivity contribution in [2.24, 2.45) is 0 Å². The summed E-state index contributed by atoms with van der Waals surface area (Å²) in [4.78, 5) is 29.3. The normalized spacial score (nSPS) is 23.9. The highest BCUT2D eigenvalue weighted by Crippen LogP contribution is 2.38. The minimum absolute atomic E-state index is 0.120. The minimum atomic E-state index is -0.649. The molecule has 26 heavy (non-hydrogen) atoms. The molecular formula is C19H22FN3O3. The average Bonchev–Trinajstić information content (AvgIpc) is 3.46. The number of amides is 3. The summed E-state index contributed by atoms with van der Waals surface area (Å²) in [6.45, 7) is 3.85. The highest BCUT2D eigenvalue weighted by atomic mass is 19.1. The van der Waals surface area contributed by atoms with Crippen LogP contribution < -0.4 is 5.32 Å². The number of allylic oxidation sites excluding steroid dienone is 1. The number of hydrogen-bond acceptors (Lipinski definition) is 3. The molecule has 1 N–H and O–H groups in total. The largest absolute Gasteiger partial charge is 0.378 e. The summed E-state index contributed by atoms with van der Waals surface area (Å²) >= 11 is 0. The number of nitrogens with zero attached hydrogens (tertiary/aromatic N) is 2. The second-order valence-corrected chi connectivity index (χ2v) is 6.94. The molecular weight excluding hydrogens is 337 g/mol. The molecule has 7 heteroatoms. The van der Waals surface area contributed by atoms with Gasteiger partial charge in [0.1, 0.15) is 5.82 Å². The van der Waals surface area contributed by atoms with E-state index in [9.17, 15) is 14.0 Å². The summed E-state index contributed by atoms with van der Waals surface area (Å²) in [6, 6.07) is 5.33. The Kier molecular flexibility index (Phi) is 4.40. The highest BCUT2D eigenvalue weighted by molar-refractivity contribution is 5.98. The Morgan fingerprint density at radius 2 is 2.00 bits per heavy atom. The van der Waals surface area contributed by atoms with E-state index in [0.717, 1.165) is 12.8 Å². The summed E-state index contributed by atoms with van der Waals surface area (Å²) in [6.07, 6.45) is 1.88. The number of carbonyl (C=O) groups excluding carboxylic acids is 2. The molecule has 3 amide bonds. The summed E-state index contributed by atoms with van der Waals surface area (Å²) in [5, 5.41) is 2.92. The number of morpholine rings is 1. The van der Waals surface area contributed by atoms with Crippen molar-refractivity contribution in [2.75, 3.05) is 26.3 Å². The van der Waals surface area contributed by atoms with E-state index >= 15 is 0 Å². The Labute approximate surface area is 151 Å². The van der Waals surface area contributed by atoms with Gasteiger partial charge in [0.2, 0.25) is 0 Å². The van der Waals surface area contributed by atoms with Crippen LogP contribution in [0.5, 0.6) is 0 Å². The van der Waals surface area contributed by atoms with E-state index in [1.54, 1.807) is 21.9 Å². The Morgan fingerprint density at radius 3 is 2.65 bits per heavy atom. The molecule has 6 nitrogen and oxygen atoms in total. The fraction of sp³-hybridized carbons (Fsp3) is 0.474. The fourth-order valence-corrected chi connectivity index (χ4v) is 3.68. The van der Waals surface area contributed by atoms with Crippen molar-refractivity contribution < 1.29 is 18.7 Å². The lowest BCUT2D eigenvalue weighted by Gasteiger charge is -2.38. The Hall–Kier alpha value is -2.41. The minimum Gasteiger partial charge on any atom is -0.378 e. The SMILES string of the molecule is CC1=C(C(=O)N2CCOCC2)[C@@H](c2cccc(F)c2)NC(=O)N1C1CC1. The number of urea groups is 1. The summed E-state index contributed by atoms with van der Waals surface area (Å²) in [7, 11) is 0. The summed E-state index contributed by atoms with van der Waals surface area (Å²) in [5.41, 5.74) is 1.76. The van der Waals surface area contributed by atoms with Crippen LogP contribution in [0.2, 0.25) is 0 Å². The lowest BCUT2D eigenvalue weighted by atomic mass is 9.93. The van der Waals surface area contributed by atoms with Crippen LogP contribution in [0.1, 0.15) is 31.4 Å². The highest BCUT2D eigenvalue weighted by Gasteiger charge is 2.43. The fourth-order valence-electron chi connectivity index (χ4n) is 3.68. The smallest absolute Gasteiger partial charge is 0.322 e. The van der Waals surface area contributed by atoms with E-state index in [-0.39, 0.29) is 18.0 Å². The number of ether oxygens (including phenoxy) is 1. The third-order valence-electron chi connectivity index (χ3n) is 5.15. The van der Waals surface area contributed by atoms with Crippen molar-refractivity contribution in [1.29, 1.82) is 0 Å². The molecule has 1 saturated carbocycles. The second-order valence-electron chi connectivity index (χ2n) is 6.94. The zero-order chi connectivity index (χ0) is 18.3. The third-order valence-corrected chi connectivity index (χ3v) is 5.15. The Morgan fingerprint density at radius 1 is 1.27 bits per heavy atom. The Balaban J connectivity index is 1.76. The standard InChI is InChI=1S/C19H22FN3O3/c1-12-16(18(24)22-7-9-26-10-8-22)17(13-3-2-4-14(20)11-13)21-19(25)23(12)15-5-6-15/h2-4,11,15,17H,5-10H2,1H3,(H,21,25)/t17-/m1/s1. The molecule has 2 heterocycles. The lowest BCUT2D eigenvalue weighted by Crippen LogP contribution is -2.51. The van der Waals surface area contributed by atoms with Crippen molar-refractivity contribution in [2.45, 2.75) is 31.8 Å². The molecule has 138 valence electrons. The lowest BCUT2D eigenvalue weighted by molar-refractivity contribution is -0.131. The van der Waals surface area contributed by atoms with E-state index in [4.69, 9.17) is 4.74 Å². The predicted octanol–water partition coefficient (Wildman–Crippen LogP) is 2.19. The zero-order valence-corrected chi connectivity index (χ0v) is 14.7. The van der Waals surface area contributed by atoms with Crippen LogP contribution in [-0.2, 0) is 9.53 Å². The first kappa shape index (κ1) is 17.0. The van der Waals surface area contributed by atoms with Gasteiger partial charge in [0.15, 0.2) is 0 Å². The topological polar surface area (TPSA) is 61.9 Å². The van der Waals surface area contributed by atoms with Crippen molar-refractivity contribution in [3.63, 3.8) is 0 Å². The molecule has 0 unspecified atom stereocenters. The quantitative estimate of drug-likeness (QED) is 0.900. The van der Waals surface area contributed by atoms with Gasteiger partial charge in [-0.25, -0.2) is 9.18 Å². The van der Waals surface area contributed by atoms with Gasteiger partial charge in [0, 0.05) is 24.8 Å². The van der Waals surface area contributed by atoms with Gasteiger partial charge in [-0.15, -0.1) is 0 Å². The molecule has 3 aliphatic rings. The molecule has 2 fully saturated rings. The molecule has 4 rings (SSSR count). The number of benzene rings is 1. The monoisotopic (exact) mass is 359 g/mol. The predicted molar refractivity (Wildman–Crippen MR) is 92.6 cm³/mol. The van der Waals surface area contributed by atoms with Gasteiger partial charge in [-0.3, -0.25) is 9.69 Å². The zero-order valence-electron chi connectivity index (χ0n) is 14.7. The molecule has 0 bridgehead atoms. The summed E-state index contributed by atoms with van der Waals surface area (Å²) in [5.74, 6) is -0.511. The van der Waals surface area contributed by atoms with E-state index in [0.29, 0.717) is 43.1 Å². The maximum atomic E-state index is 13.8. The molecule has 2 aliphatic heterocycles. The maximum absolute atomic E-state index is 13.8. The van der Waals surface area contributed by atoms with E-state index in [1.807, 2.05) is 6.92 Å². The van der Waals surface area contributed by atoms with Crippen molar-refractivity contribution in [1.82, 2.24) is 15.1 Å². The van der Waals surface area contributed by atoms with Crippen LogP contribution in [0, 0.1) is 5.82 Å². The van der Waals surface area contributed by atoms with Crippen LogP contribution in [0.15, 0.2) is 35.5 Å². The van der Waals surface area contributed by atoms with Gasteiger partial charge in [-0.2, -0.15) is 0 Å². The summed E-state index contributed by atoms with van der Waals surface area (Å²) < 4.78 is 19.1. The van der Waals surface area contributed by atoms with E-state index in [1.165, 1.54) is 12.1 Å². The van der Waals surface area contributed by atoms with Gasteiger partial charge in [0.05, 0.1) is 24.8 Å². The number of hydrogen-bond donors (Lipinski definition) is 1. The van der Waals surface area contributed by atoms with Gasteiger partial charge < -0.3 is 15.0 Å². The van der Waals surface area contributed by atoms with Crippen molar-refractivity contribution in [3.05, 3.63) is 46.9 Å². The van der Waals surface area contributed by atoms with Gasteiger partial charge in [0.25, 0.3) is 5.91 Å². The number of carbonyl (C=O) groups is 2. The Bertz CT molecular complexity index is 769. The average molecular weight is 359 g/mol. The molecule has 1 atom stereocenters. The number of rotatable bonds is 3. The van der Waals surface area contributed by atoms with Crippen LogP contribution in [0.25, 0.3) is 0 Å². The number of halogens is 1. The van der Waals surface area contributed by atoms with Crippen molar-refractivity contribution in [3.8, 4) is 0 Å². The van der Waals surface area contributed by atoms with E-state index in [2.05, 4.69) is 5.32 Å². The number of nitrogens with one attached hydrogen (secondary N) is 1. The first-order chi connectivity index (χ1) is 12.6. The molecule has 1 saturated heterocycles. The molecule has 0 spiro atoms. The van der Waals surface area contributed by atoms with E-state index < -0.39 is 11.9 Å². The van der Waals surface area contributed by atoms with Crippen molar-refractivity contribution >= 4 is 11.9 Å². The van der Waals surface area contributed by atoms with Crippen LogP contribution in [0.3, 0.4) is 0 Å². The first-order valence-electron chi connectivity index (χ1n) is 8.99. The molecule has 0 radical (unpaired) electrons. The molecule has 1 aromatic carbocycles. The van der Waals surface area contributed by atoms with Crippen LogP contribution in [-0.4, -0.2) is 54.1 Å². The second kappa shape index (κ2) is 6.72. The van der Waals surface area contributed by atoms with Crippen LogP contribution >= 0.6 is 0 Å². The van der Waals surface area contributed by atoms with Gasteiger partial charge in [-0.1, -0.05) is 12.1 Å². The van der Waals surface area contributed by atoms with Gasteiger partial charge in [-0.05, 0) is 37.5 Å². The molecule has 0 aromatic heterocycles. The first-order valence-corrected chi connectivity index (χ1v) is 8.99. The third kappa shape index (κ3) is 3.07. The molecule has 1 aromatic rings. The van der Waals surface area contributed by atoms with Crippen LogP contribution in [0.4, 0.5) is 9.18 Å².